The molecular formula is C15H20N2O3. The predicted molar refractivity (Wildman–Crippen MR) is 75.2 cm³/mol. The number of rotatable bonds is 6. The second kappa shape index (κ2) is 6.92. The molecule has 1 amide bonds. The highest BCUT2D eigenvalue weighted by atomic mass is 16.5. The first-order chi connectivity index (χ1) is 9.44. The molecule has 0 aliphatic carbocycles. The number of carbonyl (C=O) groups excluding carboxylic acids is 1. The van der Waals surface area contributed by atoms with Crippen molar-refractivity contribution in [2.45, 2.75) is 38.8 Å². The summed E-state index contributed by atoms with van der Waals surface area (Å²) in [5.41, 5.74) is -0.104. The van der Waals surface area contributed by atoms with Crippen molar-refractivity contribution in [2.75, 3.05) is 6.61 Å². The van der Waals surface area contributed by atoms with Crippen molar-refractivity contribution >= 4 is 5.91 Å². The number of nitrogens with zero attached hydrogens (tertiary/aromatic N) is 1. The van der Waals surface area contributed by atoms with Gasteiger partial charge in [0.25, 0.3) is 5.91 Å². The molecule has 108 valence electrons. The second-order valence-electron chi connectivity index (χ2n) is 4.96. The lowest BCUT2D eigenvalue weighted by Crippen LogP contribution is -2.52. The SMILES string of the molecule is CCC(C)(CO)NC(=O)C(C)Oc1ccc(C#N)cc1. The number of aliphatic hydroxyl groups is 1. The Morgan fingerprint density at radius 3 is 2.55 bits per heavy atom. The van der Waals surface area contributed by atoms with Crippen LogP contribution in [0.15, 0.2) is 24.3 Å². The van der Waals surface area contributed by atoms with Gasteiger partial charge < -0.3 is 15.2 Å². The van der Waals surface area contributed by atoms with E-state index < -0.39 is 11.6 Å². The fraction of sp³-hybridized carbons (Fsp3) is 0.467. The molecule has 0 bridgehead atoms. The van der Waals surface area contributed by atoms with E-state index in [-0.39, 0.29) is 12.5 Å². The van der Waals surface area contributed by atoms with Crippen molar-refractivity contribution in [1.29, 1.82) is 5.26 Å². The fourth-order valence-electron chi connectivity index (χ4n) is 1.50. The molecule has 0 fully saturated rings. The summed E-state index contributed by atoms with van der Waals surface area (Å²) in [6.07, 6.45) is -0.0564. The van der Waals surface area contributed by atoms with E-state index in [1.165, 1.54) is 0 Å². The summed E-state index contributed by atoms with van der Waals surface area (Å²) in [4.78, 5) is 12.0. The monoisotopic (exact) mass is 276 g/mol. The number of hydrogen-bond donors (Lipinski definition) is 2. The Bertz CT molecular complexity index is 487. The Balaban J connectivity index is 2.63. The van der Waals surface area contributed by atoms with Crippen molar-refractivity contribution in [3.05, 3.63) is 29.8 Å². The summed E-state index contributed by atoms with van der Waals surface area (Å²) in [6, 6.07) is 8.56. The average Bonchev–Trinajstić information content (AvgIpc) is 2.47. The third-order valence-corrected chi connectivity index (χ3v) is 3.22. The molecule has 5 heteroatoms. The normalized spacial score (nSPS) is 14.8. The van der Waals surface area contributed by atoms with Crippen LogP contribution < -0.4 is 10.1 Å². The maximum absolute atomic E-state index is 12.0. The van der Waals surface area contributed by atoms with E-state index in [0.29, 0.717) is 17.7 Å². The van der Waals surface area contributed by atoms with Gasteiger partial charge in [-0.3, -0.25) is 4.79 Å². The number of carbonyl (C=O) groups is 1. The van der Waals surface area contributed by atoms with Gasteiger partial charge in [0.15, 0.2) is 6.10 Å². The standard InChI is InChI=1S/C15H20N2O3/c1-4-15(3,10-18)17-14(19)11(2)20-13-7-5-12(9-16)6-8-13/h5-8,11,18H,4,10H2,1-3H3,(H,17,19). The molecule has 0 aliphatic heterocycles. The third kappa shape index (κ3) is 4.25. The van der Waals surface area contributed by atoms with E-state index in [9.17, 15) is 9.90 Å². The molecule has 2 N–H and O–H groups in total. The third-order valence-electron chi connectivity index (χ3n) is 3.22. The van der Waals surface area contributed by atoms with Crippen LogP contribution in [0.3, 0.4) is 0 Å². The molecular weight excluding hydrogens is 256 g/mol. The van der Waals surface area contributed by atoms with Gasteiger partial charge in [0.2, 0.25) is 0 Å². The van der Waals surface area contributed by atoms with Gasteiger partial charge in [-0.15, -0.1) is 0 Å². The summed E-state index contributed by atoms with van der Waals surface area (Å²) in [7, 11) is 0. The van der Waals surface area contributed by atoms with Crippen LogP contribution >= 0.6 is 0 Å². The molecule has 0 radical (unpaired) electrons. The molecule has 0 saturated heterocycles. The highest BCUT2D eigenvalue weighted by Crippen LogP contribution is 2.14. The van der Waals surface area contributed by atoms with Gasteiger partial charge in [-0.25, -0.2) is 0 Å². The van der Waals surface area contributed by atoms with Gasteiger partial charge in [-0.2, -0.15) is 5.26 Å². The number of hydrogen-bond acceptors (Lipinski definition) is 4. The zero-order valence-corrected chi connectivity index (χ0v) is 12.0. The molecule has 1 aromatic carbocycles. The van der Waals surface area contributed by atoms with Crippen LogP contribution in [0.4, 0.5) is 0 Å². The van der Waals surface area contributed by atoms with Crippen LogP contribution in [0.1, 0.15) is 32.8 Å². The quantitative estimate of drug-likeness (QED) is 0.827. The Labute approximate surface area is 119 Å². The zero-order valence-electron chi connectivity index (χ0n) is 12.0. The number of aliphatic hydroxyl groups excluding tert-OH is 1. The zero-order chi connectivity index (χ0) is 15.2. The largest absolute Gasteiger partial charge is 0.481 e. The first kappa shape index (κ1) is 16.0. The molecule has 1 rings (SSSR count). The number of benzene rings is 1. The second-order valence-corrected chi connectivity index (χ2v) is 4.96. The van der Waals surface area contributed by atoms with Crippen LogP contribution in [-0.4, -0.2) is 29.3 Å². The lowest BCUT2D eigenvalue weighted by molar-refractivity contribution is -0.129. The minimum atomic E-state index is -0.680. The van der Waals surface area contributed by atoms with E-state index >= 15 is 0 Å². The number of nitriles is 1. The van der Waals surface area contributed by atoms with Crippen LogP contribution in [-0.2, 0) is 4.79 Å². The average molecular weight is 276 g/mol. The molecule has 0 spiro atoms. The number of amides is 1. The van der Waals surface area contributed by atoms with Gasteiger partial charge in [0.1, 0.15) is 5.75 Å². The van der Waals surface area contributed by atoms with Crippen molar-refractivity contribution in [3.8, 4) is 11.8 Å². The summed E-state index contributed by atoms with van der Waals surface area (Å²) in [5.74, 6) is 0.238. The van der Waals surface area contributed by atoms with Crippen molar-refractivity contribution in [1.82, 2.24) is 5.32 Å². The topological polar surface area (TPSA) is 82.3 Å². The molecule has 0 aliphatic rings. The smallest absolute Gasteiger partial charge is 0.261 e. The van der Waals surface area contributed by atoms with Crippen LogP contribution in [0.5, 0.6) is 5.75 Å². The van der Waals surface area contributed by atoms with Crippen LogP contribution in [0.2, 0.25) is 0 Å². The van der Waals surface area contributed by atoms with Crippen molar-refractivity contribution in [2.24, 2.45) is 0 Å². The van der Waals surface area contributed by atoms with Crippen LogP contribution in [0.25, 0.3) is 0 Å². The van der Waals surface area contributed by atoms with Crippen molar-refractivity contribution < 1.29 is 14.6 Å². The van der Waals surface area contributed by atoms with E-state index in [0.717, 1.165) is 0 Å². The van der Waals surface area contributed by atoms with Gasteiger partial charge in [-0.05, 0) is 44.5 Å². The molecule has 20 heavy (non-hydrogen) atoms. The molecule has 2 unspecified atom stereocenters. The van der Waals surface area contributed by atoms with Gasteiger partial charge >= 0.3 is 0 Å². The molecule has 2 atom stereocenters. The first-order valence-corrected chi connectivity index (χ1v) is 6.54. The summed E-state index contributed by atoms with van der Waals surface area (Å²) in [5, 5.41) is 20.7. The molecule has 0 aromatic heterocycles. The highest BCUT2D eigenvalue weighted by molar-refractivity contribution is 5.81. The molecule has 0 saturated carbocycles. The maximum atomic E-state index is 12.0. The maximum Gasteiger partial charge on any atom is 0.261 e. The summed E-state index contributed by atoms with van der Waals surface area (Å²) in [6.45, 7) is 5.18. The Morgan fingerprint density at radius 1 is 1.50 bits per heavy atom. The Morgan fingerprint density at radius 2 is 2.10 bits per heavy atom. The lowest BCUT2D eigenvalue weighted by atomic mass is 10.00. The first-order valence-electron chi connectivity index (χ1n) is 6.54. The molecule has 0 heterocycles. The van der Waals surface area contributed by atoms with Gasteiger partial charge in [-0.1, -0.05) is 6.92 Å². The lowest BCUT2D eigenvalue weighted by Gasteiger charge is -2.28. The summed E-state index contributed by atoms with van der Waals surface area (Å²) < 4.78 is 5.51. The minimum absolute atomic E-state index is 0.126. The minimum Gasteiger partial charge on any atom is -0.481 e. The van der Waals surface area contributed by atoms with Gasteiger partial charge in [0, 0.05) is 0 Å². The fourth-order valence-corrected chi connectivity index (χ4v) is 1.50. The van der Waals surface area contributed by atoms with E-state index in [1.807, 2.05) is 13.0 Å². The summed E-state index contributed by atoms with van der Waals surface area (Å²) >= 11 is 0. The van der Waals surface area contributed by atoms with Crippen LogP contribution in [0, 0.1) is 11.3 Å². The van der Waals surface area contributed by atoms with Crippen molar-refractivity contribution in [3.63, 3.8) is 0 Å². The Kier molecular flexibility index (Phi) is 5.53. The van der Waals surface area contributed by atoms with E-state index in [2.05, 4.69) is 5.32 Å². The highest BCUT2D eigenvalue weighted by Gasteiger charge is 2.26. The number of nitrogens with one attached hydrogen (secondary N) is 1. The molecule has 5 nitrogen and oxygen atoms in total. The van der Waals surface area contributed by atoms with E-state index in [4.69, 9.17) is 10.00 Å². The van der Waals surface area contributed by atoms with Gasteiger partial charge in [0.05, 0.1) is 23.8 Å². The molecule has 1 aromatic rings. The Hall–Kier alpha value is -2.06. The predicted octanol–water partition coefficient (Wildman–Crippen LogP) is 1.60. The van der Waals surface area contributed by atoms with E-state index in [1.54, 1.807) is 38.1 Å². The number of ether oxygens (including phenoxy) is 1.